The van der Waals surface area contributed by atoms with Crippen LogP contribution in [0, 0.1) is 0 Å². The van der Waals surface area contributed by atoms with Gasteiger partial charge in [0.25, 0.3) is 0 Å². The average Bonchev–Trinajstić information content (AvgIpc) is 2.85. The van der Waals surface area contributed by atoms with E-state index < -0.39 is 0 Å². The first-order valence-corrected chi connectivity index (χ1v) is 11.4. The minimum atomic E-state index is 0.131. The van der Waals surface area contributed by atoms with Crippen molar-refractivity contribution in [3.05, 3.63) is 71.2 Å². The van der Waals surface area contributed by atoms with Crippen LogP contribution in [0.2, 0.25) is 10.6 Å². The highest BCUT2D eigenvalue weighted by Gasteiger charge is 2.23. The van der Waals surface area contributed by atoms with Crippen LogP contribution in [0.4, 0.5) is 35.2 Å². The van der Waals surface area contributed by atoms with E-state index in [4.69, 9.17) is 23.2 Å². The Morgan fingerprint density at radius 1 is 0.529 bits per heavy atom. The van der Waals surface area contributed by atoms with Crippen molar-refractivity contribution in [1.82, 2.24) is 29.9 Å². The minimum absolute atomic E-state index is 0.131. The number of anilines is 6. The van der Waals surface area contributed by atoms with Crippen molar-refractivity contribution in [2.45, 2.75) is 0 Å². The van der Waals surface area contributed by atoms with E-state index in [1.165, 1.54) is 0 Å². The molecular weight excluding hydrogens is 475 g/mol. The summed E-state index contributed by atoms with van der Waals surface area (Å²) in [6, 6.07) is 19.3. The number of piperazine rings is 1. The maximum absolute atomic E-state index is 6.17. The molecule has 1 aliphatic heterocycles. The van der Waals surface area contributed by atoms with Gasteiger partial charge in [-0.3, -0.25) is 0 Å². The summed E-state index contributed by atoms with van der Waals surface area (Å²) in [4.78, 5) is 30.2. The summed E-state index contributed by atoms with van der Waals surface area (Å²) < 4.78 is 0. The van der Waals surface area contributed by atoms with E-state index in [-0.39, 0.29) is 10.6 Å². The number of nitrogens with one attached hydrogen (secondary N) is 2. The average molecular weight is 495 g/mol. The summed E-state index contributed by atoms with van der Waals surface area (Å²) >= 11 is 12.3. The third-order valence-electron chi connectivity index (χ3n) is 5.10. The molecule has 2 N–H and O–H groups in total. The van der Waals surface area contributed by atoms with Crippen LogP contribution in [0.5, 0.6) is 0 Å². The highest BCUT2D eigenvalue weighted by molar-refractivity contribution is 6.28. The molecule has 2 aromatic heterocycles. The van der Waals surface area contributed by atoms with Crippen molar-refractivity contribution < 1.29 is 0 Å². The number of halogens is 2. The normalized spacial score (nSPS) is 13.6. The van der Waals surface area contributed by atoms with Crippen LogP contribution < -0.4 is 20.4 Å². The number of nitrogens with zero attached hydrogens (tertiary/aromatic N) is 8. The molecule has 3 heterocycles. The molecule has 0 bridgehead atoms. The molecule has 0 amide bonds. The van der Waals surface area contributed by atoms with Gasteiger partial charge in [0, 0.05) is 37.6 Å². The topological polar surface area (TPSA) is 108 Å². The summed E-state index contributed by atoms with van der Waals surface area (Å²) in [7, 11) is 0. The number of hydrogen-bond acceptors (Lipinski definition) is 10. The number of hydrogen-bond donors (Lipinski definition) is 2. The molecule has 0 saturated carbocycles. The van der Waals surface area contributed by atoms with Gasteiger partial charge >= 0.3 is 0 Å². The second kappa shape index (κ2) is 10.0. The Morgan fingerprint density at radius 2 is 0.912 bits per heavy atom. The lowest BCUT2D eigenvalue weighted by molar-refractivity contribution is 0.626. The van der Waals surface area contributed by atoms with E-state index in [0.29, 0.717) is 50.0 Å². The molecule has 12 heteroatoms. The third kappa shape index (κ3) is 5.41. The predicted octanol–water partition coefficient (Wildman–Crippen LogP) is 4.18. The van der Waals surface area contributed by atoms with Crippen molar-refractivity contribution in [3.8, 4) is 0 Å². The van der Waals surface area contributed by atoms with Gasteiger partial charge in [0.15, 0.2) is 0 Å². The Morgan fingerprint density at radius 3 is 1.29 bits per heavy atom. The molecule has 2 aromatic carbocycles. The zero-order valence-electron chi connectivity index (χ0n) is 17.9. The second-order valence-corrected chi connectivity index (χ2v) is 8.09. The Labute approximate surface area is 206 Å². The first-order chi connectivity index (χ1) is 16.6. The van der Waals surface area contributed by atoms with Gasteiger partial charge in [0.1, 0.15) is 0 Å². The molecule has 5 rings (SSSR count). The molecule has 34 heavy (non-hydrogen) atoms. The quantitative estimate of drug-likeness (QED) is 0.405. The van der Waals surface area contributed by atoms with Crippen LogP contribution in [0.3, 0.4) is 0 Å². The summed E-state index contributed by atoms with van der Waals surface area (Å²) in [5.74, 6) is 1.81. The molecule has 1 fully saturated rings. The zero-order chi connectivity index (χ0) is 23.3. The molecule has 0 unspecified atom stereocenters. The van der Waals surface area contributed by atoms with Crippen LogP contribution in [0.1, 0.15) is 0 Å². The van der Waals surface area contributed by atoms with Crippen LogP contribution >= 0.6 is 23.2 Å². The Bertz CT molecular complexity index is 1150. The van der Waals surface area contributed by atoms with Crippen LogP contribution in [-0.2, 0) is 0 Å². The minimum Gasteiger partial charge on any atom is -0.337 e. The summed E-state index contributed by atoms with van der Waals surface area (Å²) in [5.41, 5.74) is 1.74. The molecule has 10 nitrogen and oxygen atoms in total. The molecule has 0 aliphatic carbocycles. The van der Waals surface area contributed by atoms with Crippen LogP contribution in [0.15, 0.2) is 60.7 Å². The van der Waals surface area contributed by atoms with Crippen LogP contribution in [0.25, 0.3) is 0 Å². The number of aromatic nitrogens is 6. The fraction of sp³-hybridized carbons (Fsp3) is 0.182. The molecule has 0 radical (unpaired) electrons. The van der Waals surface area contributed by atoms with Crippen molar-refractivity contribution in [3.63, 3.8) is 0 Å². The monoisotopic (exact) mass is 494 g/mol. The molecular formula is C22H20Cl2N10. The van der Waals surface area contributed by atoms with Gasteiger partial charge in [0.2, 0.25) is 34.4 Å². The van der Waals surface area contributed by atoms with Crippen molar-refractivity contribution in [1.29, 1.82) is 0 Å². The third-order valence-corrected chi connectivity index (χ3v) is 5.44. The lowest BCUT2D eigenvalue weighted by Gasteiger charge is -2.34. The van der Waals surface area contributed by atoms with Gasteiger partial charge in [-0.2, -0.15) is 29.9 Å². The molecule has 1 aliphatic rings. The van der Waals surface area contributed by atoms with Crippen LogP contribution in [-0.4, -0.2) is 56.1 Å². The van der Waals surface area contributed by atoms with E-state index in [1.54, 1.807) is 0 Å². The molecule has 0 atom stereocenters. The van der Waals surface area contributed by atoms with Gasteiger partial charge in [-0.25, -0.2) is 0 Å². The molecule has 4 aromatic rings. The molecule has 172 valence electrons. The van der Waals surface area contributed by atoms with Gasteiger partial charge < -0.3 is 20.4 Å². The standard InChI is InChI=1S/C22H20Cl2N10/c23-17-27-19(25-15-7-3-1-4-8-15)31-21(29-17)33-11-13-34(14-12-33)22-30-18(24)28-20(32-22)26-16-9-5-2-6-10-16/h1-10H,11-14H2,(H,25,27,29,31)(H,26,28,30,32). The Balaban J connectivity index is 1.27. The maximum atomic E-state index is 6.17. The summed E-state index contributed by atoms with van der Waals surface area (Å²) in [5, 5.41) is 6.58. The Hall–Kier alpha value is -3.76. The summed E-state index contributed by atoms with van der Waals surface area (Å²) in [6.45, 7) is 2.59. The number of para-hydroxylation sites is 2. The van der Waals surface area contributed by atoms with Crippen molar-refractivity contribution >= 4 is 58.4 Å². The first-order valence-electron chi connectivity index (χ1n) is 10.6. The van der Waals surface area contributed by atoms with Crippen molar-refractivity contribution in [2.75, 3.05) is 46.6 Å². The smallest absolute Gasteiger partial charge is 0.233 e. The van der Waals surface area contributed by atoms with Crippen molar-refractivity contribution in [2.24, 2.45) is 0 Å². The van der Waals surface area contributed by atoms with Gasteiger partial charge in [-0.05, 0) is 47.5 Å². The van der Waals surface area contributed by atoms with E-state index >= 15 is 0 Å². The number of rotatable bonds is 6. The lowest BCUT2D eigenvalue weighted by atomic mass is 10.3. The maximum Gasteiger partial charge on any atom is 0.233 e. The SMILES string of the molecule is Clc1nc(Nc2ccccc2)nc(N2CCN(c3nc(Cl)nc(Nc4ccccc4)n3)CC2)n1. The Kier molecular flexibility index (Phi) is 6.50. The van der Waals surface area contributed by atoms with Gasteiger partial charge in [0.05, 0.1) is 0 Å². The predicted molar refractivity (Wildman–Crippen MR) is 134 cm³/mol. The fourth-order valence-corrected chi connectivity index (χ4v) is 3.79. The lowest BCUT2D eigenvalue weighted by Crippen LogP contribution is -2.47. The second-order valence-electron chi connectivity index (χ2n) is 7.41. The molecule has 0 spiro atoms. The zero-order valence-corrected chi connectivity index (χ0v) is 19.4. The highest BCUT2D eigenvalue weighted by Crippen LogP contribution is 2.22. The van der Waals surface area contributed by atoms with E-state index in [2.05, 4.69) is 40.5 Å². The van der Waals surface area contributed by atoms with E-state index in [0.717, 1.165) is 11.4 Å². The molecule has 1 saturated heterocycles. The largest absolute Gasteiger partial charge is 0.337 e. The van der Waals surface area contributed by atoms with Gasteiger partial charge in [-0.15, -0.1) is 0 Å². The fourth-order valence-electron chi connectivity index (χ4n) is 3.48. The first kappa shape index (κ1) is 22.1. The summed E-state index contributed by atoms with van der Waals surface area (Å²) in [6.07, 6.45) is 0. The highest BCUT2D eigenvalue weighted by atomic mass is 35.5. The van der Waals surface area contributed by atoms with E-state index in [9.17, 15) is 0 Å². The van der Waals surface area contributed by atoms with E-state index in [1.807, 2.05) is 70.5 Å². The van der Waals surface area contributed by atoms with Gasteiger partial charge in [-0.1, -0.05) is 36.4 Å². The number of benzene rings is 2.